The fraction of sp³-hybridized carbons (Fsp3) is 0.0909. The lowest BCUT2D eigenvalue weighted by molar-refractivity contribution is 0.112. The number of rotatable bonds is 3. The van der Waals surface area contributed by atoms with Crippen molar-refractivity contribution in [1.29, 1.82) is 5.26 Å². The largest absolute Gasteiger partial charge is 0.507 e. The minimum atomic E-state index is -0.122. The van der Waals surface area contributed by atoms with Crippen LogP contribution in [0.4, 0.5) is 0 Å². The van der Waals surface area contributed by atoms with E-state index in [9.17, 15) is 9.90 Å². The van der Waals surface area contributed by atoms with E-state index < -0.39 is 0 Å². The van der Waals surface area contributed by atoms with E-state index in [1.165, 1.54) is 12.1 Å². The van der Waals surface area contributed by atoms with Crippen LogP contribution in [0.15, 0.2) is 18.2 Å². The molecule has 0 radical (unpaired) electrons. The molecule has 0 unspecified atom stereocenters. The highest BCUT2D eigenvalue weighted by atomic mass is 35.5. The maximum absolute atomic E-state index is 10.6. The highest BCUT2D eigenvalue weighted by Crippen LogP contribution is 2.27. The summed E-state index contributed by atoms with van der Waals surface area (Å²) in [6.45, 7) is 0. The van der Waals surface area contributed by atoms with Gasteiger partial charge in [-0.05, 0) is 12.1 Å². The predicted octanol–water partition coefficient (Wildman–Crippen LogP) is 2.78. The number of hydrogen-bond donors (Lipinski definition) is 1. The summed E-state index contributed by atoms with van der Waals surface area (Å²) < 4.78 is 0. The lowest BCUT2D eigenvalue weighted by atomic mass is 10.1. The lowest BCUT2D eigenvalue weighted by Gasteiger charge is -2.02. The second-order valence-electron chi connectivity index (χ2n) is 2.82. The topological polar surface area (TPSA) is 61.1 Å². The Balaban J connectivity index is 3.13. The quantitative estimate of drug-likeness (QED) is 0.799. The number of halogens is 1. The molecule has 15 heavy (non-hydrogen) atoms. The minimum absolute atomic E-state index is 0.122. The van der Waals surface area contributed by atoms with Gasteiger partial charge in [-0.1, -0.05) is 23.8 Å². The van der Waals surface area contributed by atoms with Crippen molar-refractivity contribution in [2.24, 2.45) is 0 Å². The first kappa shape index (κ1) is 11.3. The van der Waals surface area contributed by atoms with Crippen LogP contribution in [-0.4, -0.2) is 11.4 Å². The number of carbonyl (C=O) groups excluding carboxylic acids is 1. The monoisotopic (exact) mass is 221 g/mol. The highest BCUT2D eigenvalue weighted by molar-refractivity contribution is 6.31. The fourth-order valence-corrected chi connectivity index (χ4v) is 1.33. The summed E-state index contributed by atoms with van der Waals surface area (Å²) in [5, 5.41) is 18.3. The van der Waals surface area contributed by atoms with Gasteiger partial charge in [0.25, 0.3) is 0 Å². The number of phenols is 1. The van der Waals surface area contributed by atoms with Gasteiger partial charge in [-0.25, -0.2) is 0 Å². The average molecular weight is 222 g/mol. The summed E-state index contributed by atoms with van der Waals surface area (Å²) >= 11 is 5.74. The standard InChI is InChI=1S/C11H8ClNO2/c12-10-5-8(3-1-2-4-13)11(15)9(6-10)7-14/h1,3,5-7,15H,2H2. The molecule has 0 aliphatic heterocycles. The zero-order valence-electron chi connectivity index (χ0n) is 7.77. The number of allylic oxidation sites excluding steroid dienone is 1. The molecule has 0 aromatic heterocycles. The Labute approximate surface area is 92.2 Å². The number of nitrogens with zero attached hydrogens (tertiary/aromatic N) is 1. The van der Waals surface area contributed by atoms with Crippen LogP contribution < -0.4 is 0 Å². The number of aldehydes is 1. The summed E-state index contributed by atoms with van der Waals surface area (Å²) in [6, 6.07) is 4.84. The molecule has 0 atom stereocenters. The second-order valence-corrected chi connectivity index (χ2v) is 3.25. The zero-order chi connectivity index (χ0) is 11.3. The van der Waals surface area contributed by atoms with Crippen LogP contribution in [0.1, 0.15) is 22.3 Å². The first-order valence-corrected chi connectivity index (χ1v) is 4.58. The summed E-state index contributed by atoms with van der Waals surface area (Å²) in [4.78, 5) is 10.6. The molecule has 3 nitrogen and oxygen atoms in total. The molecule has 0 aliphatic carbocycles. The van der Waals surface area contributed by atoms with Gasteiger partial charge in [0.1, 0.15) is 5.75 Å². The van der Waals surface area contributed by atoms with Crippen molar-refractivity contribution in [3.05, 3.63) is 34.4 Å². The summed E-state index contributed by atoms with van der Waals surface area (Å²) in [5.41, 5.74) is 0.568. The van der Waals surface area contributed by atoms with Gasteiger partial charge in [-0.2, -0.15) is 5.26 Å². The van der Waals surface area contributed by atoms with E-state index in [2.05, 4.69) is 0 Å². The van der Waals surface area contributed by atoms with Crippen molar-refractivity contribution in [2.45, 2.75) is 6.42 Å². The molecular weight excluding hydrogens is 214 g/mol. The normalized spacial score (nSPS) is 10.1. The fourth-order valence-electron chi connectivity index (χ4n) is 1.10. The molecule has 76 valence electrons. The third-order valence-corrected chi connectivity index (χ3v) is 1.99. The SMILES string of the molecule is N#CCC=Cc1cc(Cl)cc(C=O)c1O. The van der Waals surface area contributed by atoms with Gasteiger partial charge in [-0.15, -0.1) is 0 Å². The van der Waals surface area contributed by atoms with Crippen molar-refractivity contribution in [3.8, 4) is 11.8 Å². The molecule has 0 aliphatic rings. The predicted molar refractivity (Wildman–Crippen MR) is 57.8 cm³/mol. The lowest BCUT2D eigenvalue weighted by Crippen LogP contribution is -1.85. The van der Waals surface area contributed by atoms with Crippen LogP contribution in [0.3, 0.4) is 0 Å². The molecule has 0 amide bonds. The van der Waals surface area contributed by atoms with Gasteiger partial charge in [-0.3, -0.25) is 4.79 Å². The molecular formula is C11H8ClNO2. The number of benzene rings is 1. The Morgan fingerprint density at radius 2 is 2.13 bits per heavy atom. The Hall–Kier alpha value is -1.79. The zero-order valence-corrected chi connectivity index (χ0v) is 8.53. The van der Waals surface area contributed by atoms with Crippen molar-refractivity contribution in [3.63, 3.8) is 0 Å². The number of carbonyl (C=O) groups is 1. The Morgan fingerprint density at radius 3 is 2.73 bits per heavy atom. The Kier molecular flexibility index (Phi) is 3.90. The van der Waals surface area contributed by atoms with Crippen LogP contribution in [0, 0.1) is 11.3 Å². The van der Waals surface area contributed by atoms with E-state index in [1.807, 2.05) is 6.07 Å². The maximum atomic E-state index is 10.6. The second kappa shape index (κ2) is 5.18. The number of hydrogen-bond acceptors (Lipinski definition) is 3. The van der Waals surface area contributed by atoms with Gasteiger partial charge in [0.2, 0.25) is 0 Å². The van der Waals surface area contributed by atoms with Gasteiger partial charge in [0.05, 0.1) is 18.1 Å². The molecule has 4 heteroatoms. The van der Waals surface area contributed by atoms with Crippen molar-refractivity contribution in [2.75, 3.05) is 0 Å². The maximum Gasteiger partial charge on any atom is 0.153 e. The summed E-state index contributed by atoms with van der Waals surface area (Å²) in [7, 11) is 0. The van der Waals surface area contributed by atoms with Crippen molar-refractivity contribution in [1.82, 2.24) is 0 Å². The molecule has 0 fully saturated rings. The summed E-state index contributed by atoms with van der Waals surface area (Å²) in [5.74, 6) is -0.122. The van der Waals surface area contributed by atoms with Crippen LogP contribution in [0.5, 0.6) is 5.75 Å². The molecule has 1 rings (SSSR count). The van der Waals surface area contributed by atoms with E-state index in [-0.39, 0.29) is 17.7 Å². The number of nitriles is 1. The average Bonchev–Trinajstić information content (AvgIpc) is 2.23. The summed E-state index contributed by atoms with van der Waals surface area (Å²) in [6.07, 6.45) is 3.91. The van der Waals surface area contributed by atoms with Gasteiger partial charge < -0.3 is 5.11 Å². The van der Waals surface area contributed by atoms with Crippen LogP contribution in [0.2, 0.25) is 5.02 Å². The van der Waals surface area contributed by atoms with E-state index in [4.69, 9.17) is 16.9 Å². The van der Waals surface area contributed by atoms with E-state index in [1.54, 1.807) is 12.2 Å². The molecule has 1 N–H and O–H groups in total. The van der Waals surface area contributed by atoms with E-state index in [0.717, 1.165) is 0 Å². The van der Waals surface area contributed by atoms with Crippen LogP contribution in [-0.2, 0) is 0 Å². The molecule has 0 saturated heterocycles. The van der Waals surface area contributed by atoms with E-state index >= 15 is 0 Å². The molecule has 0 saturated carbocycles. The smallest absolute Gasteiger partial charge is 0.153 e. The van der Waals surface area contributed by atoms with Gasteiger partial charge >= 0.3 is 0 Å². The highest BCUT2D eigenvalue weighted by Gasteiger charge is 2.06. The van der Waals surface area contributed by atoms with Crippen molar-refractivity contribution >= 4 is 24.0 Å². The number of phenolic OH excluding ortho intramolecular Hbond substituents is 1. The molecule has 1 aromatic rings. The van der Waals surface area contributed by atoms with Crippen LogP contribution in [0.25, 0.3) is 6.08 Å². The first-order valence-electron chi connectivity index (χ1n) is 4.20. The van der Waals surface area contributed by atoms with Gasteiger partial charge in [0, 0.05) is 10.6 Å². The van der Waals surface area contributed by atoms with E-state index in [0.29, 0.717) is 16.9 Å². The molecule has 1 aromatic carbocycles. The molecule has 0 spiro atoms. The van der Waals surface area contributed by atoms with Crippen LogP contribution >= 0.6 is 11.6 Å². The minimum Gasteiger partial charge on any atom is -0.507 e. The third-order valence-electron chi connectivity index (χ3n) is 1.77. The number of aromatic hydroxyl groups is 1. The molecule has 0 bridgehead atoms. The Bertz CT molecular complexity index is 447. The first-order chi connectivity index (χ1) is 7.19. The molecule has 0 heterocycles. The van der Waals surface area contributed by atoms with Gasteiger partial charge in [0.15, 0.2) is 6.29 Å². The Morgan fingerprint density at radius 1 is 1.47 bits per heavy atom. The van der Waals surface area contributed by atoms with Crippen molar-refractivity contribution < 1.29 is 9.90 Å². The third kappa shape index (κ3) is 2.83.